The first-order chi connectivity index (χ1) is 24.0. The Morgan fingerprint density at radius 2 is 1.42 bits per heavy atom. The van der Waals surface area contributed by atoms with Crippen LogP contribution in [0.25, 0.3) is 0 Å². The minimum atomic E-state index is -1.07. The van der Waals surface area contributed by atoms with Gasteiger partial charge in [-0.25, -0.2) is 9.59 Å². The van der Waals surface area contributed by atoms with E-state index < -0.39 is 36.2 Å². The van der Waals surface area contributed by atoms with Gasteiger partial charge in [0.2, 0.25) is 11.8 Å². The normalized spacial score (nSPS) is 30.6. The molecule has 2 unspecified atom stereocenters. The van der Waals surface area contributed by atoms with Gasteiger partial charge in [0.05, 0.1) is 11.7 Å². The molecule has 3 aromatic carbocycles. The van der Waals surface area contributed by atoms with Crippen LogP contribution in [-0.4, -0.2) is 63.0 Å². The number of hydrogen-bond acceptors (Lipinski definition) is 5. The third-order valence-electron chi connectivity index (χ3n) is 12.9. The lowest BCUT2D eigenvalue weighted by molar-refractivity contribution is -0.156. The fraction of sp³-hybridized carbons (Fsp3) is 0.463. The topological polar surface area (TPSA) is 107 Å². The van der Waals surface area contributed by atoms with Crippen LogP contribution in [0.2, 0.25) is 0 Å². The van der Waals surface area contributed by atoms with Crippen LogP contribution in [0.15, 0.2) is 78.9 Å². The Morgan fingerprint density at radius 1 is 0.760 bits per heavy atom. The molecule has 1 saturated heterocycles. The number of hydrogen-bond donors (Lipinski definition) is 1. The average Bonchev–Trinajstić information content (AvgIpc) is 3.74. The maximum atomic E-state index is 15.1. The molecule has 0 radical (unpaired) electrons. The molecule has 9 heteroatoms. The van der Waals surface area contributed by atoms with Gasteiger partial charge < -0.3 is 19.6 Å². The SMILES string of the molecule is C[C@@H]1[C@H]2C[C@@H](C[C@H]1OC(=O)N1c3ccccc3C[C@@H]1C(=O)N1C(C(=O)N3Cc4ccccc4C[C@@H]3C(=O)O)CCC1c1ccccc1)C2(C)C. The van der Waals surface area contributed by atoms with Crippen molar-refractivity contribution in [1.82, 2.24) is 9.80 Å². The number of para-hydroxylation sites is 1. The predicted octanol–water partition coefficient (Wildman–Crippen LogP) is 6.40. The lowest BCUT2D eigenvalue weighted by Gasteiger charge is -2.61. The third kappa shape index (κ3) is 5.19. The van der Waals surface area contributed by atoms with E-state index in [1.165, 1.54) is 9.80 Å². The van der Waals surface area contributed by atoms with Gasteiger partial charge in [0, 0.05) is 19.4 Å². The van der Waals surface area contributed by atoms with Gasteiger partial charge in [-0.3, -0.25) is 14.5 Å². The first-order valence-electron chi connectivity index (χ1n) is 18.1. The van der Waals surface area contributed by atoms with E-state index in [0.29, 0.717) is 36.8 Å². The number of ether oxygens (including phenoxy) is 1. The van der Waals surface area contributed by atoms with Crippen molar-refractivity contribution in [2.75, 3.05) is 4.90 Å². The van der Waals surface area contributed by atoms with Gasteiger partial charge in [-0.05, 0) is 77.2 Å². The number of nitrogens with zero attached hydrogens (tertiary/aromatic N) is 3. The fourth-order valence-electron chi connectivity index (χ4n) is 9.96. The molecule has 260 valence electrons. The molecule has 3 aliphatic heterocycles. The van der Waals surface area contributed by atoms with Gasteiger partial charge in [0.15, 0.2) is 0 Å². The van der Waals surface area contributed by atoms with Gasteiger partial charge in [-0.15, -0.1) is 0 Å². The van der Waals surface area contributed by atoms with Crippen LogP contribution in [0, 0.1) is 23.2 Å². The number of anilines is 1. The number of aliphatic carboxylic acids is 1. The Hall–Kier alpha value is -4.66. The lowest BCUT2D eigenvalue weighted by atomic mass is 9.45. The number of carboxylic acid groups (broad SMARTS) is 1. The van der Waals surface area contributed by atoms with Gasteiger partial charge in [-0.1, -0.05) is 93.6 Å². The maximum absolute atomic E-state index is 15.1. The summed E-state index contributed by atoms with van der Waals surface area (Å²) in [5.74, 6) is -0.563. The van der Waals surface area contributed by atoms with Crippen molar-refractivity contribution >= 4 is 29.6 Å². The number of carbonyl (C=O) groups is 4. The number of carbonyl (C=O) groups excluding carboxylic acids is 3. The molecule has 8 atom stereocenters. The van der Waals surface area contributed by atoms with E-state index in [1.54, 1.807) is 4.90 Å². The molecule has 3 aliphatic carbocycles. The van der Waals surface area contributed by atoms with E-state index in [-0.39, 0.29) is 42.2 Å². The van der Waals surface area contributed by atoms with Crippen LogP contribution in [0.3, 0.4) is 0 Å². The van der Waals surface area contributed by atoms with Crippen LogP contribution >= 0.6 is 0 Å². The molecule has 3 aromatic rings. The van der Waals surface area contributed by atoms with E-state index in [0.717, 1.165) is 35.1 Å². The van der Waals surface area contributed by atoms with Gasteiger partial charge in [-0.2, -0.15) is 0 Å². The standard InChI is InChI=1S/C41H45N3O6/c1-24-30-21-29(41(30,2)3)22-36(24)50-40(49)44-31-16-10-9-14-27(31)20-34(44)38(46)43-32(25-11-5-4-6-12-25)17-18-33(43)37(45)42-23-28-15-8-7-13-26(28)19-35(42)39(47)48/h4-16,24,29-30,32-36H,17-23H2,1-3H3,(H,47,48)/t24-,29+,30-,32?,33?,34-,35-,36-/m1/s1. The smallest absolute Gasteiger partial charge is 0.415 e. The van der Waals surface area contributed by atoms with E-state index in [1.807, 2.05) is 78.9 Å². The zero-order valence-electron chi connectivity index (χ0n) is 28.9. The molecule has 9 rings (SSSR count). The summed E-state index contributed by atoms with van der Waals surface area (Å²) in [7, 11) is 0. The van der Waals surface area contributed by atoms with E-state index >= 15 is 4.79 Å². The number of fused-ring (bicyclic) bond motifs is 4. The molecule has 1 N–H and O–H groups in total. The summed E-state index contributed by atoms with van der Waals surface area (Å²) in [5.41, 5.74) is 4.49. The first kappa shape index (κ1) is 32.5. The summed E-state index contributed by atoms with van der Waals surface area (Å²) in [6, 6.07) is 21.6. The second kappa shape index (κ2) is 12.3. The van der Waals surface area contributed by atoms with Crippen molar-refractivity contribution in [2.45, 2.75) is 96.1 Å². The number of likely N-dealkylation sites (tertiary alicyclic amines) is 1. The highest BCUT2D eigenvalue weighted by atomic mass is 16.6. The van der Waals surface area contributed by atoms with Crippen molar-refractivity contribution < 1.29 is 29.0 Å². The second-order valence-electron chi connectivity index (χ2n) is 15.7. The Balaban J connectivity index is 1.12. The van der Waals surface area contributed by atoms with Crippen LogP contribution in [0.5, 0.6) is 0 Å². The molecular formula is C41H45N3O6. The molecule has 6 aliphatic rings. The maximum Gasteiger partial charge on any atom is 0.415 e. The molecule has 0 aromatic heterocycles. The highest BCUT2D eigenvalue weighted by Gasteiger charge is 2.58. The van der Waals surface area contributed by atoms with Crippen LogP contribution in [-0.2, 0) is 38.5 Å². The molecule has 3 heterocycles. The summed E-state index contributed by atoms with van der Waals surface area (Å²) in [6.45, 7) is 6.95. The van der Waals surface area contributed by atoms with Crippen LogP contribution in [0.1, 0.15) is 74.8 Å². The van der Waals surface area contributed by atoms with Crippen molar-refractivity contribution in [3.8, 4) is 0 Å². The molecular weight excluding hydrogens is 630 g/mol. The number of amides is 3. The third-order valence-corrected chi connectivity index (χ3v) is 12.9. The van der Waals surface area contributed by atoms with Gasteiger partial charge in [0.1, 0.15) is 24.2 Å². The van der Waals surface area contributed by atoms with Crippen LogP contribution < -0.4 is 4.90 Å². The average molecular weight is 676 g/mol. The zero-order chi connectivity index (χ0) is 34.9. The largest absolute Gasteiger partial charge is 0.480 e. The van der Waals surface area contributed by atoms with Gasteiger partial charge in [0.25, 0.3) is 0 Å². The zero-order valence-corrected chi connectivity index (χ0v) is 28.9. The summed E-state index contributed by atoms with van der Waals surface area (Å²) < 4.78 is 6.31. The Bertz CT molecular complexity index is 1840. The monoisotopic (exact) mass is 675 g/mol. The molecule has 3 saturated carbocycles. The molecule has 3 amide bonds. The summed E-state index contributed by atoms with van der Waals surface area (Å²) >= 11 is 0. The molecule has 50 heavy (non-hydrogen) atoms. The van der Waals surface area contributed by atoms with E-state index in [4.69, 9.17) is 4.74 Å². The van der Waals surface area contributed by atoms with E-state index in [2.05, 4.69) is 20.8 Å². The molecule has 0 spiro atoms. The first-order valence-corrected chi connectivity index (χ1v) is 18.1. The molecule has 2 bridgehead atoms. The molecule has 9 nitrogen and oxygen atoms in total. The lowest BCUT2D eigenvalue weighted by Crippen LogP contribution is -2.59. The van der Waals surface area contributed by atoms with Crippen molar-refractivity contribution in [1.29, 1.82) is 0 Å². The summed E-state index contributed by atoms with van der Waals surface area (Å²) in [4.78, 5) is 61.2. The van der Waals surface area contributed by atoms with Crippen molar-refractivity contribution in [3.63, 3.8) is 0 Å². The van der Waals surface area contributed by atoms with E-state index in [9.17, 15) is 19.5 Å². The number of carboxylic acids is 1. The minimum Gasteiger partial charge on any atom is -0.480 e. The Kier molecular flexibility index (Phi) is 7.99. The Morgan fingerprint density at radius 3 is 2.12 bits per heavy atom. The Labute approximate surface area is 293 Å². The highest BCUT2D eigenvalue weighted by Crippen LogP contribution is 2.62. The fourth-order valence-corrected chi connectivity index (χ4v) is 9.96. The minimum absolute atomic E-state index is 0.159. The van der Waals surface area contributed by atoms with Crippen molar-refractivity contribution in [3.05, 3.63) is 101 Å². The number of rotatable bonds is 5. The second-order valence-corrected chi connectivity index (χ2v) is 15.7. The van der Waals surface area contributed by atoms with Gasteiger partial charge >= 0.3 is 12.1 Å². The predicted molar refractivity (Wildman–Crippen MR) is 187 cm³/mol. The van der Waals surface area contributed by atoms with Crippen LogP contribution in [0.4, 0.5) is 10.5 Å². The highest BCUT2D eigenvalue weighted by molar-refractivity contribution is 6.02. The molecule has 4 fully saturated rings. The number of benzene rings is 3. The summed E-state index contributed by atoms with van der Waals surface area (Å²) in [6.07, 6.45) is 2.65. The quantitative estimate of drug-likeness (QED) is 0.336. The summed E-state index contributed by atoms with van der Waals surface area (Å²) in [5, 5.41) is 10.3. The van der Waals surface area contributed by atoms with Crippen molar-refractivity contribution in [2.24, 2.45) is 23.2 Å².